The first-order valence-electron chi connectivity index (χ1n) is 5.33. The fraction of sp³-hybridized carbons (Fsp3) is 0.417. The van der Waals surface area contributed by atoms with E-state index in [1.807, 2.05) is 36.2 Å². The molecule has 3 nitrogen and oxygen atoms in total. The second-order valence-electron chi connectivity index (χ2n) is 3.86. The van der Waals surface area contributed by atoms with Crippen LogP contribution in [-0.4, -0.2) is 36.8 Å². The third-order valence-electron chi connectivity index (χ3n) is 2.47. The molecule has 17 heavy (non-hydrogen) atoms. The smallest absolute Gasteiger partial charge is 0.173 e. The van der Waals surface area contributed by atoms with E-state index in [9.17, 15) is 0 Å². The van der Waals surface area contributed by atoms with Gasteiger partial charge in [0.2, 0.25) is 0 Å². The van der Waals surface area contributed by atoms with Gasteiger partial charge in [-0.05, 0) is 37.3 Å². The Morgan fingerprint density at radius 3 is 2.88 bits per heavy atom. The van der Waals surface area contributed by atoms with Gasteiger partial charge >= 0.3 is 0 Å². The number of rotatable bonds is 4. The first-order valence-corrected chi connectivity index (χ1v) is 6.11. The van der Waals surface area contributed by atoms with Crippen LogP contribution < -0.4 is 5.32 Å². The lowest BCUT2D eigenvalue weighted by atomic mass is 10.3. The number of halogens is 1. The fourth-order valence-corrected chi connectivity index (χ4v) is 1.82. The number of hydrogen-bond donors (Lipinski definition) is 1. The Balaban J connectivity index is 2.60. The van der Waals surface area contributed by atoms with Crippen molar-refractivity contribution in [2.45, 2.75) is 13.0 Å². The Bertz CT molecular complexity index is 387. The summed E-state index contributed by atoms with van der Waals surface area (Å²) in [6.45, 7) is 2.68. The Morgan fingerprint density at radius 1 is 1.59 bits per heavy atom. The van der Waals surface area contributed by atoms with Gasteiger partial charge in [-0.25, -0.2) is 0 Å². The van der Waals surface area contributed by atoms with Crippen molar-refractivity contribution in [1.29, 1.82) is 0 Å². The molecule has 0 aromatic heterocycles. The van der Waals surface area contributed by atoms with Gasteiger partial charge in [0, 0.05) is 24.9 Å². The summed E-state index contributed by atoms with van der Waals surface area (Å²) in [6.07, 6.45) is 0. The molecule has 94 valence electrons. The summed E-state index contributed by atoms with van der Waals surface area (Å²) in [5.74, 6) is 0. The Hall–Kier alpha value is -0.840. The molecule has 0 amide bonds. The number of benzene rings is 1. The zero-order valence-electron chi connectivity index (χ0n) is 10.2. The molecule has 0 aliphatic heterocycles. The van der Waals surface area contributed by atoms with E-state index in [4.69, 9.17) is 28.6 Å². The normalized spacial score (nSPS) is 12.0. The monoisotopic (exact) mass is 272 g/mol. The van der Waals surface area contributed by atoms with Crippen LogP contribution in [0.2, 0.25) is 5.02 Å². The molecule has 1 rings (SSSR count). The van der Waals surface area contributed by atoms with E-state index < -0.39 is 0 Å². The topological polar surface area (TPSA) is 24.5 Å². The van der Waals surface area contributed by atoms with Crippen LogP contribution in [0.25, 0.3) is 0 Å². The quantitative estimate of drug-likeness (QED) is 0.852. The fourth-order valence-electron chi connectivity index (χ4n) is 1.33. The third kappa shape index (κ3) is 4.50. The van der Waals surface area contributed by atoms with E-state index in [1.54, 1.807) is 7.11 Å². The number of nitrogens with one attached hydrogen (secondary N) is 1. The molecule has 0 saturated heterocycles. The molecule has 1 aromatic carbocycles. The van der Waals surface area contributed by atoms with Crippen molar-refractivity contribution in [3.05, 3.63) is 29.3 Å². The zero-order chi connectivity index (χ0) is 12.8. The number of hydrogen-bond acceptors (Lipinski definition) is 2. The van der Waals surface area contributed by atoms with Crippen LogP contribution in [-0.2, 0) is 4.74 Å². The average Bonchev–Trinajstić information content (AvgIpc) is 2.28. The maximum atomic E-state index is 5.90. The van der Waals surface area contributed by atoms with Gasteiger partial charge in [-0.1, -0.05) is 17.7 Å². The number of ether oxygens (including phenoxy) is 1. The molecule has 0 saturated carbocycles. The highest BCUT2D eigenvalue weighted by molar-refractivity contribution is 7.80. The van der Waals surface area contributed by atoms with Crippen molar-refractivity contribution in [1.82, 2.24) is 4.90 Å². The van der Waals surface area contributed by atoms with Gasteiger partial charge in [-0.3, -0.25) is 0 Å². The molecule has 0 spiro atoms. The summed E-state index contributed by atoms with van der Waals surface area (Å²) in [6, 6.07) is 7.69. The lowest BCUT2D eigenvalue weighted by Crippen LogP contribution is -2.40. The average molecular weight is 273 g/mol. The van der Waals surface area contributed by atoms with Gasteiger partial charge in [0.1, 0.15) is 0 Å². The van der Waals surface area contributed by atoms with E-state index in [-0.39, 0.29) is 6.04 Å². The van der Waals surface area contributed by atoms with Crippen molar-refractivity contribution < 1.29 is 4.74 Å². The Morgan fingerprint density at radius 2 is 2.29 bits per heavy atom. The highest BCUT2D eigenvalue weighted by Crippen LogP contribution is 2.15. The summed E-state index contributed by atoms with van der Waals surface area (Å²) >= 11 is 11.2. The van der Waals surface area contributed by atoms with Crippen LogP contribution in [0.4, 0.5) is 5.69 Å². The van der Waals surface area contributed by atoms with Crippen LogP contribution in [0.5, 0.6) is 0 Å². The minimum Gasteiger partial charge on any atom is -0.383 e. The standard InChI is InChI=1S/C12H17ClN2OS/c1-9(8-16-3)15(2)12(17)14-11-6-4-5-10(13)7-11/h4-7,9H,8H2,1-3H3,(H,14,17). The summed E-state index contributed by atoms with van der Waals surface area (Å²) in [7, 11) is 3.61. The Labute approximate surface area is 113 Å². The van der Waals surface area contributed by atoms with Crippen LogP contribution in [0.1, 0.15) is 6.92 Å². The largest absolute Gasteiger partial charge is 0.383 e. The van der Waals surface area contributed by atoms with E-state index in [2.05, 4.69) is 12.2 Å². The first kappa shape index (κ1) is 14.2. The predicted molar refractivity (Wildman–Crippen MR) is 76.8 cm³/mol. The molecule has 0 bridgehead atoms. The highest BCUT2D eigenvalue weighted by Gasteiger charge is 2.12. The molecular weight excluding hydrogens is 256 g/mol. The molecule has 0 heterocycles. The maximum absolute atomic E-state index is 5.90. The summed E-state index contributed by atoms with van der Waals surface area (Å²) < 4.78 is 5.09. The van der Waals surface area contributed by atoms with Crippen molar-refractivity contribution >= 4 is 34.6 Å². The molecule has 0 aliphatic carbocycles. The number of methoxy groups -OCH3 is 1. The second kappa shape index (κ2) is 6.79. The maximum Gasteiger partial charge on any atom is 0.173 e. The summed E-state index contributed by atoms with van der Waals surface area (Å²) in [5.41, 5.74) is 0.888. The number of thiocarbonyl (C=S) groups is 1. The third-order valence-corrected chi connectivity index (χ3v) is 3.09. The van der Waals surface area contributed by atoms with Gasteiger partial charge in [0.15, 0.2) is 5.11 Å². The van der Waals surface area contributed by atoms with Gasteiger partial charge in [-0.15, -0.1) is 0 Å². The number of nitrogens with zero attached hydrogens (tertiary/aromatic N) is 1. The van der Waals surface area contributed by atoms with Crippen LogP contribution in [0.15, 0.2) is 24.3 Å². The van der Waals surface area contributed by atoms with Gasteiger partial charge in [0.25, 0.3) is 0 Å². The lowest BCUT2D eigenvalue weighted by molar-refractivity contribution is 0.146. The van der Waals surface area contributed by atoms with E-state index in [0.717, 1.165) is 5.69 Å². The van der Waals surface area contributed by atoms with E-state index in [0.29, 0.717) is 16.7 Å². The predicted octanol–water partition coefficient (Wildman–Crippen LogP) is 3.00. The van der Waals surface area contributed by atoms with Crippen LogP contribution in [0, 0.1) is 0 Å². The van der Waals surface area contributed by atoms with E-state index >= 15 is 0 Å². The zero-order valence-corrected chi connectivity index (χ0v) is 11.8. The van der Waals surface area contributed by atoms with Gasteiger partial charge in [0.05, 0.1) is 12.6 Å². The highest BCUT2D eigenvalue weighted by atomic mass is 35.5. The van der Waals surface area contributed by atoms with Crippen molar-refractivity contribution in [2.75, 3.05) is 26.1 Å². The van der Waals surface area contributed by atoms with E-state index in [1.165, 1.54) is 0 Å². The van der Waals surface area contributed by atoms with Crippen LogP contribution >= 0.6 is 23.8 Å². The van der Waals surface area contributed by atoms with Crippen molar-refractivity contribution in [2.24, 2.45) is 0 Å². The molecule has 0 fully saturated rings. The molecule has 0 radical (unpaired) electrons. The molecule has 1 aromatic rings. The first-order chi connectivity index (χ1) is 8.04. The minimum atomic E-state index is 0.221. The number of likely N-dealkylation sites (N-methyl/N-ethyl adjacent to an activating group) is 1. The molecule has 1 atom stereocenters. The van der Waals surface area contributed by atoms with Gasteiger partial charge < -0.3 is 15.0 Å². The summed E-state index contributed by atoms with van der Waals surface area (Å²) in [4.78, 5) is 1.96. The summed E-state index contributed by atoms with van der Waals surface area (Å²) in [5, 5.41) is 4.47. The lowest BCUT2D eigenvalue weighted by Gasteiger charge is -2.27. The Kier molecular flexibility index (Phi) is 5.68. The number of anilines is 1. The molecule has 5 heteroatoms. The van der Waals surface area contributed by atoms with Crippen LogP contribution in [0.3, 0.4) is 0 Å². The minimum absolute atomic E-state index is 0.221. The molecule has 0 aliphatic rings. The molecule has 1 N–H and O–H groups in total. The molecule has 1 unspecified atom stereocenters. The van der Waals surface area contributed by atoms with Gasteiger partial charge in [-0.2, -0.15) is 0 Å². The SMILES string of the molecule is COCC(C)N(C)C(=S)Nc1cccc(Cl)c1. The van der Waals surface area contributed by atoms with Crippen molar-refractivity contribution in [3.8, 4) is 0 Å². The molecular formula is C12H17ClN2OS. The van der Waals surface area contributed by atoms with Crippen molar-refractivity contribution in [3.63, 3.8) is 0 Å². The second-order valence-corrected chi connectivity index (χ2v) is 4.68.